The second-order valence-electron chi connectivity index (χ2n) is 5.56. The number of pyridine rings is 1. The number of hydrogen-bond donors (Lipinski definition) is 1. The summed E-state index contributed by atoms with van der Waals surface area (Å²) in [6, 6.07) is 11.6. The van der Waals surface area contributed by atoms with Crippen LogP contribution in [0.3, 0.4) is 0 Å². The highest BCUT2D eigenvalue weighted by molar-refractivity contribution is 5.94. The maximum atomic E-state index is 12.1. The van der Waals surface area contributed by atoms with Crippen LogP contribution in [0, 0.1) is 0 Å². The number of rotatable bonds is 4. The average Bonchev–Trinajstić information content (AvgIpc) is 2.95. The van der Waals surface area contributed by atoms with Crippen LogP contribution >= 0.6 is 0 Å². The van der Waals surface area contributed by atoms with Gasteiger partial charge in [-0.2, -0.15) is 0 Å². The standard InChI is InChI=1S/C17H19N3O2/c1-20(2)16-8-7-13(10-18-16)17(21)19-11-14-9-12-5-3-4-6-15(12)22-14/h3-8,10,14H,9,11H2,1-2H3,(H,19,21)/t14-/m0/s1. The van der Waals surface area contributed by atoms with E-state index >= 15 is 0 Å². The van der Waals surface area contributed by atoms with Crippen molar-refractivity contribution in [2.24, 2.45) is 0 Å². The van der Waals surface area contributed by atoms with Crippen molar-refractivity contribution in [3.05, 3.63) is 53.7 Å². The van der Waals surface area contributed by atoms with Crippen LogP contribution in [0.25, 0.3) is 0 Å². The van der Waals surface area contributed by atoms with Crippen LogP contribution < -0.4 is 15.0 Å². The lowest BCUT2D eigenvalue weighted by molar-refractivity contribution is 0.0933. The Morgan fingerprint density at radius 1 is 1.32 bits per heavy atom. The normalized spacial score (nSPS) is 15.8. The second-order valence-corrected chi connectivity index (χ2v) is 5.56. The van der Waals surface area contributed by atoms with E-state index in [1.165, 1.54) is 5.56 Å². The first kappa shape index (κ1) is 14.4. The summed E-state index contributed by atoms with van der Waals surface area (Å²) in [6.45, 7) is 0.489. The van der Waals surface area contributed by atoms with Gasteiger partial charge < -0.3 is 15.0 Å². The van der Waals surface area contributed by atoms with Crippen molar-refractivity contribution < 1.29 is 9.53 Å². The van der Waals surface area contributed by atoms with Crippen LogP contribution in [0.4, 0.5) is 5.82 Å². The van der Waals surface area contributed by atoms with Gasteiger partial charge in [-0.25, -0.2) is 4.98 Å². The van der Waals surface area contributed by atoms with Crippen molar-refractivity contribution >= 4 is 11.7 Å². The van der Waals surface area contributed by atoms with Gasteiger partial charge in [0.05, 0.1) is 12.1 Å². The predicted molar refractivity (Wildman–Crippen MR) is 85.5 cm³/mol. The van der Waals surface area contributed by atoms with Gasteiger partial charge in [-0.1, -0.05) is 18.2 Å². The van der Waals surface area contributed by atoms with E-state index in [0.717, 1.165) is 18.0 Å². The van der Waals surface area contributed by atoms with Crippen LogP contribution in [0.5, 0.6) is 5.75 Å². The number of benzene rings is 1. The number of ether oxygens (including phenoxy) is 1. The fraction of sp³-hybridized carbons (Fsp3) is 0.294. The SMILES string of the molecule is CN(C)c1ccc(C(=O)NC[C@@H]2Cc3ccccc3O2)cn1. The van der Waals surface area contributed by atoms with E-state index in [2.05, 4.69) is 16.4 Å². The van der Waals surface area contributed by atoms with Crippen LogP contribution in [-0.2, 0) is 6.42 Å². The Kier molecular flexibility index (Phi) is 3.96. The number of carbonyl (C=O) groups excluding carboxylic acids is 1. The van der Waals surface area contributed by atoms with Gasteiger partial charge in [-0.3, -0.25) is 4.79 Å². The topological polar surface area (TPSA) is 54.5 Å². The third-order valence-corrected chi connectivity index (χ3v) is 3.67. The average molecular weight is 297 g/mol. The van der Waals surface area contributed by atoms with Gasteiger partial charge in [-0.15, -0.1) is 0 Å². The third-order valence-electron chi connectivity index (χ3n) is 3.67. The zero-order chi connectivity index (χ0) is 15.5. The highest BCUT2D eigenvalue weighted by atomic mass is 16.5. The lowest BCUT2D eigenvalue weighted by Gasteiger charge is -2.13. The molecule has 2 heterocycles. The molecule has 1 aromatic carbocycles. The minimum Gasteiger partial charge on any atom is -0.488 e. The number of aromatic nitrogens is 1. The zero-order valence-corrected chi connectivity index (χ0v) is 12.7. The van der Waals surface area contributed by atoms with Crippen molar-refractivity contribution in [3.63, 3.8) is 0 Å². The Hall–Kier alpha value is -2.56. The van der Waals surface area contributed by atoms with Crippen molar-refractivity contribution in [2.75, 3.05) is 25.5 Å². The number of nitrogens with zero attached hydrogens (tertiary/aromatic N) is 2. The first-order valence-electron chi connectivity index (χ1n) is 7.29. The summed E-state index contributed by atoms with van der Waals surface area (Å²) < 4.78 is 5.81. The second kappa shape index (κ2) is 6.05. The number of para-hydroxylation sites is 1. The van der Waals surface area contributed by atoms with E-state index in [-0.39, 0.29) is 12.0 Å². The molecule has 114 valence electrons. The van der Waals surface area contributed by atoms with E-state index < -0.39 is 0 Å². The van der Waals surface area contributed by atoms with Crippen molar-refractivity contribution in [1.29, 1.82) is 0 Å². The Morgan fingerprint density at radius 2 is 2.14 bits per heavy atom. The summed E-state index contributed by atoms with van der Waals surface area (Å²) in [7, 11) is 3.83. The Balaban J connectivity index is 1.55. The van der Waals surface area contributed by atoms with Crippen LogP contribution in [0.1, 0.15) is 15.9 Å². The molecule has 0 spiro atoms. The Bertz CT molecular complexity index is 643. The lowest BCUT2D eigenvalue weighted by atomic mass is 10.1. The van der Waals surface area contributed by atoms with Crippen molar-refractivity contribution in [2.45, 2.75) is 12.5 Å². The third kappa shape index (κ3) is 3.03. The molecule has 0 radical (unpaired) electrons. The minimum absolute atomic E-state index is 0.00430. The van der Waals surface area contributed by atoms with E-state index in [0.29, 0.717) is 12.1 Å². The van der Waals surface area contributed by atoms with Crippen LogP contribution in [0.2, 0.25) is 0 Å². The molecule has 0 saturated carbocycles. The largest absolute Gasteiger partial charge is 0.488 e. The molecule has 3 rings (SSSR count). The molecule has 0 unspecified atom stereocenters. The molecule has 5 nitrogen and oxygen atoms in total. The molecule has 22 heavy (non-hydrogen) atoms. The molecule has 0 saturated heterocycles. The molecular weight excluding hydrogens is 278 g/mol. The fourth-order valence-electron chi connectivity index (χ4n) is 2.46. The number of nitrogens with one attached hydrogen (secondary N) is 1. The highest BCUT2D eigenvalue weighted by Crippen LogP contribution is 2.27. The summed E-state index contributed by atoms with van der Waals surface area (Å²) in [6.07, 6.45) is 2.42. The minimum atomic E-state index is -0.127. The van der Waals surface area contributed by atoms with Gasteiger partial charge >= 0.3 is 0 Å². The van der Waals surface area contributed by atoms with E-state index in [9.17, 15) is 4.79 Å². The Labute approximate surface area is 129 Å². The molecule has 2 aromatic rings. The molecule has 0 bridgehead atoms. The highest BCUT2D eigenvalue weighted by Gasteiger charge is 2.22. The molecule has 1 atom stereocenters. The molecule has 1 N–H and O–H groups in total. The predicted octanol–water partition coefficient (Wildman–Crippen LogP) is 1.88. The van der Waals surface area contributed by atoms with Crippen LogP contribution in [-0.4, -0.2) is 37.6 Å². The van der Waals surface area contributed by atoms with Gasteiger partial charge in [-0.05, 0) is 23.8 Å². The molecular formula is C17H19N3O2. The number of amides is 1. The summed E-state index contributed by atoms with van der Waals surface area (Å²) in [4.78, 5) is 18.3. The fourth-order valence-corrected chi connectivity index (χ4v) is 2.46. The maximum Gasteiger partial charge on any atom is 0.252 e. The Morgan fingerprint density at radius 3 is 2.82 bits per heavy atom. The summed E-state index contributed by atoms with van der Waals surface area (Å²) >= 11 is 0. The number of fused-ring (bicyclic) bond motifs is 1. The molecule has 1 aliphatic rings. The molecule has 1 aliphatic heterocycles. The van der Waals surface area contributed by atoms with Crippen molar-refractivity contribution in [1.82, 2.24) is 10.3 Å². The molecule has 0 fully saturated rings. The van der Waals surface area contributed by atoms with Crippen LogP contribution in [0.15, 0.2) is 42.6 Å². The number of carbonyl (C=O) groups is 1. The van der Waals surface area contributed by atoms with E-state index in [1.54, 1.807) is 12.3 Å². The van der Waals surface area contributed by atoms with E-state index in [1.807, 2.05) is 43.3 Å². The van der Waals surface area contributed by atoms with Gasteiger partial charge in [0.1, 0.15) is 17.7 Å². The van der Waals surface area contributed by atoms with E-state index in [4.69, 9.17) is 4.74 Å². The number of anilines is 1. The zero-order valence-electron chi connectivity index (χ0n) is 12.7. The van der Waals surface area contributed by atoms with Gasteiger partial charge in [0.2, 0.25) is 0 Å². The summed E-state index contributed by atoms with van der Waals surface area (Å²) in [5, 5.41) is 2.91. The molecule has 0 aliphatic carbocycles. The van der Waals surface area contributed by atoms with Gasteiger partial charge in [0.15, 0.2) is 0 Å². The molecule has 1 aromatic heterocycles. The maximum absolute atomic E-state index is 12.1. The van der Waals surface area contributed by atoms with Gasteiger partial charge in [0.25, 0.3) is 5.91 Å². The molecule has 5 heteroatoms. The monoisotopic (exact) mass is 297 g/mol. The smallest absolute Gasteiger partial charge is 0.252 e. The lowest BCUT2D eigenvalue weighted by Crippen LogP contribution is -2.34. The van der Waals surface area contributed by atoms with Gasteiger partial charge in [0, 0.05) is 26.7 Å². The first-order valence-corrected chi connectivity index (χ1v) is 7.29. The molecule has 1 amide bonds. The first-order chi connectivity index (χ1) is 10.6. The quantitative estimate of drug-likeness (QED) is 0.936. The van der Waals surface area contributed by atoms with Crippen molar-refractivity contribution in [3.8, 4) is 5.75 Å². The summed E-state index contributed by atoms with van der Waals surface area (Å²) in [5.74, 6) is 1.61. The summed E-state index contributed by atoms with van der Waals surface area (Å²) in [5.41, 5.74) is 1.75. The number of hydrogen-bond acceptors (Lipinski definition) is 4.